The van der Waals surface area contributed by atoms with Crippen LogP contribution in [-0.2, 0) is 0 Å². The third-order valence-electron chi connectivity index (χ3n) is 0.0632. The molecule has 0 spiro atoms. The monoisotopic (exact) mass is 56.0 g/mol. The molecule has 0 fully saturated rings. The van der Waals surface area contributed by atoms with Crippen molar-refractivity contribution in [1.82, 2.24) is 0 Å². The smallest absolute Gasteiger partial charge is 0.0313 e. The van der Waals surface area contributed by atoms with E-state index in [0.29, 0.717) is 0 Å². The Labute approximate surface area is 23.9 Å². The minimum atomic E-state index is 2.25. The van der Waals surface area contributed by atoms with Crippen molar-refractivity contribution in [2.75, 3.05) is 0 Å². The summed E-state index contributed by atoms with van der Waals surface area (Å²) in [6.07, 6.45) is 0. The molecule has 0 aliphatic carbocycles. The fourth-order valence-electron chi connectivity index (χ4n) is 0. The Kier molecular flexibility index (Phi) is 1.91. The van der Waals surface area contributed by atoms with Gasteiger partial charge in [-0.1, -0.05) is 5.11 Å². The first-order valence-electron chi connectivity index (χ1n) is 0.716. The van der Waals surface area contributed by atoms with Gasteiger partial charge in [0.1, 0.15) is 0 Å². The molecule has 3 heteroatoms. The zero-order valence-corrected chi connectivity index (χ0v) is 2.05. The highest BCUT2D eigenvalue weighted by molar-refractivity contribution is 4.35. The van der Waals surface area contributed by atoms with Crippen LogP contribution in [0.3, 0.4) is 0 Å². The third-order valence-corrected chi connectivity index (χ3v) is 0.0632. The fourth-order valence-corrected chi connectivity index (χ4v) is 0. The van der Waals surface area contributed by atoms with E-state index >= 15 is 0 Å². The zero-order chi connectivity index (χ0) is 3.41. The number of hydrogen-bond acceptors (Lipinski definition) is 1. The van der Waals surface area contributed by atoms with E-state index in [0.717, 1.165) is 0 Å². The molecule has 0 amide bonds. The van der Waals surface area contributed by atoms with Crippen LogP contribution in [-0.4, -0.2) is 0 Å². The van der Waals surface area contributed by atoms with Crippen LogP contribution in [0.25, 0.3) is 10.4 Å². The highest BCUT2D eigenvalue weighted by atomic mass is 15.1. The molecule has 21 valence electrons. The average Bonchev–Trinajstić information content (AvgIpc) is 1.37. The first kappa shape index (κ1) is 3.31. The molecule has 4 heavy (non-hydrogen) atoms. The van der Waals surface area contributed by atoms with Crippen LogP contribution in [0, 0.1) is 7.05 Å². The summed E-state index contributed by atoms with van der Waals surface area (Å²) in [6.45, 7) is 0. The number of hydrogen-bond donors (Lipinski definition) is 0. The van der Waals surface area contributed by atoms with Gasteiger partial charge in [0, 0.05) is 12.0 Å². The molecule has 0 aliphatic heterocycles. The van der Waals surface area contributed by atoms with E-state index in [2.05, 4.69) is 17.1 Å². The second-order valence-corrected chi connectivity index (χ2v) is 0.231. The molecular weight excluding hydrogens is 54.0 g/mol. The van der Waals surface area contributed by atoms with Crippen molar-refractivity contribution in [2.24, 2.45) is 5.11 Å². The van der Waals surface area contributed by atoms with E-state index in [9.17, 15) is 0 Å². The van der Waals surface area contributed by atoms with Crippen LogP contribution in [0.1, 0.15) is 0 Å². The predicted molar refractivity (Wildman–Crippen MR) is 14.5 cm³/mol. The first-order chi connectivity index (χ1) is 1.91. The van der Waals surface area contributed by atoms with Gasteiger partial charge in [0.05, 0.1) is 0 Å². The maximum atomic E-state index is 7.27. The fraction of sp³-hybridized carbons (Fsp3) is 0. The first-order valence-corrected chi connectivity index (χ1v) is 0.716. The quantitative estimate of drug-likeness (QED) is 0.226. The Morgan fingerprint density at radius 3 is 2.25 bits per heavy atom. The lowest BCUT2D eigenvalue weighted by atomic mass is 11.6. The molecule has 0 aromatic rings. The van der Waals surface area contributed by atoms with Gasteiger partial charge in [-0.05, 0) is 5.53 Å². The topological polar surface area (TPSA) is 48.8 Å². The molecule has 0 aromatic heterocycles. The molecule has 0 bridgehead atoms. The normalized spacial score (nSPS) is 4.25. The average molecular weight is 56.0 g/mol. The summed E-state index contributed by atoms with van der Waals surface area (Å²) in [6, 6.07) is 0. The molecular formula is CH2N3. The largest absolute Gasteiger partial charge is 0.0938 e. The van der Waals surface area contributed by atoms with E-state index in [1.54, 1.807) is 0 Å². The summed E-state index contributed by atoms with van der Waals surface area (Å²) < 4.78 is 0. The molecule has 0 atom stereocenters. The molecule has 3 nitrogen and oxygen atoms in total. The zero-order valence-electron chi connectivity index (χ0n) is 2.05. The van der Waals surface area contributed by atoms with Gasteiger partial charge in [-0.15, -0.1) is 0 Å². The maximum absolute atomic E-state index is 7.27. The Morgan fingerprint density at radius 2 is 2.25 bits per heavy atom. The predicted octanol–water partition coefficient (Wildman–Crippen LogP) is 1.09. The molecule has 0 saturated carbocycles. The Hall–Kier alpha value is -0.690. The van der Waals surface area contributed by atoms with Gasteiger partial charge in [0.2, 0.25) is 0 Å². The summed E-state index contributed by atoms with van der Waals surface area (Å²) in [4.78, 5) is 2.25. The lowest BCUT2D eigenvalue weighted by molar-refractivity contribution is 1.53. The van der Waals surface area contributed by atoms with Crippen LogP contribution in [0.2, 0.25) is 0 Å². The second kappa shape index (κ2) is 2.31. The summed E-state index contributed by atoms with van der Waals surface area (Å²) in [5, 5.41) is 2.67. The lowest BCUT2D eigenvalue weighted by Gasteiger charge is -1.34. The third kappa shape index (κ3) is 1.31. The van der Waals surface area contributed by atoms with Gasteiger partial charge < -0.3 is 0 Å². The van der Waals surface area contributed by atoms with Crippen molar-refractivity contribution < 1.29 is 0 Å². The van der Waals surface area contributed by atoms with Crippen LogP contribution < -0.4 is 0 Å². The van der Waals surface area contributed by atoms with E-state index in [1.165, 1.54) is 0 Å². The Balaban J connectivity index is 3.11. The minimum absolute atomic E-state index is 2.25. The van der Waals surface area contributed by atoms with Gasteiger partial charge in [-0.3, -0.25) is 0 Å². The molecule has 0 heterocycles. The maximum Gasteiger partial charge on any atom is 0.0313 e. The molecule has 0 N–H and O–H groups in total. The summed E-state index contributed by atoms with van der Waals surface area (Å²) in [5.41, 5.74) is 7.27. The van der Waals surface area contributed by atoms with Gasteiger partial charge >= 0.3 is 0 Å². The van der Waals surface area contributed by atoms with Crippen LogP contribution in [0.5, 0.6) is 0 Å². The molecule has 0 aromatic carbocycles. The van der Waals surface area contributed by atoms with Crippen LogP contribution in [0.4, 0.5) is 0 Å². The summed E-state index contributed by atoms with van der Waals surface area (Å²) in [7, 11) is 2.81. The second-order valence-electron chi connectivity index (χ2n) is 0.231. The van der Waals surface area contributed by atoms with Crippen molar-refractivity contribution in [1.29, 1.82) is 0 Å². The molecule has 0 saturated heterocycles. The van der Waals surface area contributed by atoms with Crippen molar-refractivity contribution >= 4 is 0 Å². The van der Waals surface area contributed by atoms with E-state index in [4.69, 9.17) is 5.53 Å². The minimum Gasteiger partial charge on any atom is -0.0938 e. The van der Waals surface area contributed by atoms with Crippen molar-refractivity contribution in [3.05, 3.63) is 17.5 Å². The molecule has 0 aliphatic rings. The van der Waals surface area contributed by atoms with E-state index in [1.807, 2.05) is 0 Å². The van der Waals surface area contributed by atoms with Crippen molar-refractivity contribution in [3.63, 3.8) is 0 Å². The SMILES string of the molecule is [CH2]N=[N+]=[N-]. The Bertz CT molecular complexity index is 41.2. The summed E-state index contributed by atoms with van der Waals surface area (Å²) in [5.74, 6) is 0. The molecule has 0 unspecified atom stereocenters. The number of rotatable bonds is 0. The van der Waals surface area contributed by atoms with Crippen LogP contribution in [0.15, 0.2) is 5.11 Å². The van der Waals surface area contributed by atoms with Crippen molar-refractivity contribution in [3.8, 4) is 0 Å². The van der Waals surface area contributed by atoms with Gasteiger partial charge in [0.25, 0.3) is 0 Å². The van der Waals surface area contributed by atoms with E-state index in [-0.39, 0.29) is 0 Å². The standard InChI is InChI=1S/CH2N3/c1-3-4-2/h1H2. The Morgan fingerprint density at radius 1 is 2.00 bits per heavy atom. The van der Waals surface area contributed by atoms with Gasteiger partial charge in [0.15, 0.2) is 0 Å². The van der Waals surface area contributed by atoms with Gasteiger partial charge in [-0.2, -0.15) is 0 Å². The molecule has 0 rings (SSSR count). The van der Waals surface area contributed by atoms with Crippen LogP contribution >= 0.6 is 0 Å². The van der Waals surface area contributed by atoms with E-state index < -0.39 is 0 Å². The van der Waals surface area contributed by atoms with Gasteiger partial charge in [-0.25, -0.2) is 0 Å². The number of nitrogens with zero attached hydrogens (tertiary/aromatic N) is 3. The molecule has 1 radical (unpaired) electrons. The highest BCUT2D eigenvalue weighted by Crippen LogP contribution is 1.51. The lowest BCUT2D eigenvalue weighted by Crippen LogP contribution is -1.12. The highest BCUT2D eigenvalue weighted by Gasteiger charge is 1.28. The summed E-state index contributed by atoms with van der Waals surface area (Å²) >= 11 is 0. The number of azide groups is 1. The van der Waals surface area contributed by atoms with Crippen molar-refractivity contribution in [2.45, 2.75) is 0 Å².